The summed E-state index contributed by atoms with van der Waals surface area (Å²) in [7, 11) is 1.57. The first kappa shape index (κ1) is 22.1. The number of methoxy groups -OCH3 is 1. The number of para-hydroxylation sites is 2. The summed E-state index contributed by atoms with van der Waals surface area (Å²) >= 11 is 7.06. The number of benzene rings is 2. The summed E-state index contributed by atoms with van der Waals surface area (Å²) < 4.78 is 6.78. The second-order valence-corrected chi connectivity index (χ2v) is 8.44. The van der Waals surface area contributed by atoms with Crippen molar-refractivity contribution in [3.63, 3.8) is 0 Å². The molecule has 1 aromatic heterocycles. The summed E-state index contributed by atoms with van der Waals surface area (Å²) in [5.74, 6) is -0.573. The maximum atomic E-state index is 13.0. The van der Waals surface area contributed by atoms with Crippen molar-refractivity contribution in [1.29, 1.82) is 0 Å². The molecule has 1 aliphatic rings. The number of anilines is 1. The Morgan fingerprint density at radius 2 is 1.91 bits per heavy atom. The molecule has 164 valence electrons. The van der Waals surface area contributed by atoms with Crippen molar-refractivity contribution in [3.8, 4) is 0 Å². The van der Waals surface area contributed by atoms with Gasteiger partial charge in [0.25, 0.3) is 11.1 Å². The summed E-state index contributed by atoms with van der Waals surface area (Å²) in [5, 5.41) is 3.59. The summed E-state index contributed by atoms with van der Waals surface area (Å²) in [4.78, 5) is 39.3. The van der Waals surface area contributed by atoms with Crippen LogP contribution in [0.25, 0.3) is 17.0 Å². The van der Waals surface area contributed by atoms with E-state index in [1.54, 1.807) is 37.5 Å². The third-order valence-corrected chi connectivity index (χ3v) is 6.12. The van der Waals surface area contributed by atoms with Gasteiger partial charge in [-0.2, -0.15) is 0 Å². The number of ether oxygens (including phenoxy) is 1. The van der Waals surface area contributed by atoms with Crippen LogP contribution in [0.15, 0.2) is 59.6 Å². The van der Waals surface area contributed by atoms with Gasteiger partial charge in [0, 0.05) is 36.3 Å². The molecule has 1 fully saturated rings. The molecule has 2 aromatic carbocycles. The van der Waals surface area contributed by atoms with Crippen LogP contribution in [0.4, 0.5) is 10.5 Å². The highest BCUT2D eigenvalue weighted by Crippen LogP contribution is 2.39. The van der Waals surface area contributed by atoms with E-state index in [1.165, 1.54) is 0 Å². The number of carbonyl (C=O) groups is 3. The van der Waals surface area contributed by atoms with E-state index in [9.17, 15) is 14.4 Å². The predicted molar refractivity (Wildman–Crippen MR) is 127 cm³/mol. The number of thioether (sulfide) groups is 1. The van der Waals surface area contributed by atoms with Gasteiger partial charge < -0.3 is 14.6 Å². The summed E-state index contributed by atoms with van der Waals surface area (Å²) in [6.45, 7) is 0.987. The van der Waals surface area contributed by atoms with Crippen molar-refractivity contribution >= 4 is 63.1 Å². The van der Waals surface area contributed by atoms with Crippen LogP contribution < -0.4 is 10.2 Å². The zero-order chi connectivity index (χ0) is 22.7. The Hall–Kier alpha value is -3.07. The Kier molecular flexibility index (Phi) is 6.64. The van der Waals surface area contributed by atoms with E-state index in [1.807, 2.05) is 35.0 Å². The molecule has 32 heavy (non-hydrogen) atoms. The number of aromatic nitrogens is 1. The molecule has 7 nitrogen and oxygen atoms in total. The first-order valence-electron chi connectivity index (χ1n) is 9.85. The molecule has 0 unspecified atom stereocenters. The number of amides is 3. The predicted octanol–water partition coefficient (Wildman–Crippen LogP) is 4.30. The molecule has 0 bridgehead atoms. The average molecular weight is 470 g/mol. The highest BCUT2D eigenvalue weighted by Gasteiger charge is 2.37. The van der Waals surface area contributed by atoms with Crippen LogP contribution in [-0.4, -0.2) is 41.9 Å². The zero-order valence-corrected chi connectivity index (χ0v) is 18.8. The summed E-state index contributed by atoms with van der Waals surface area (Å²) in [6, 6.07) is 14.3. The third kappa shape index (κ3) is 4.43. The fourth-order valence-corrected chi connectivity index (χ4v) is 4.52. The largest absolute Gasteiger partial charge is 0.383 e. The molecule has 4 rings (SSSR count). The minimum absolute atomic E-state index is 0.124. The van der Waals surface area contributed by atoms with Crippen LogP contribution in [-0.2, 0) is 20.9 Å². The van der Waals surface area contributed by atoms with Gasteiger partial charge in [0.1, 0.15) is 6.54 Å². The molecule has 1 aliphatic heterocycles. The van der Waals surface area contributed by atoms with Crippen LogP contribution in [0.3, 0.4) is 0 Å². The Labute approximate surface area is 194 Å². The Bertz CT molecular complexity index is 1240. The lowest BCUT2D eigenvalue weighted by atomic mass is 10.1. The molecular formula is C23H20ClN3O4S. The fraction of sp³-hybridized carbons (Fsp3) is 0.174. The lowest BCUT2D eigenvalue weighted by Gasteiger charge is -2.13. The minimum Gasteiger partial charge on any atom is -0.383 e. The third-order valence-electron chi connectivity index (χ3n) is 4.94. The lowest BCUT2D eigenvalue weighted by Crippen LogP contribution is -2.30. The fourth-order valence-electron chi connectivity index (χ4n) is 3.47. The Balaban J connectivity index is 1.64. The van der Waals surface area contributed by atoms with Gasteiger partial charge in [-0.1, -0.05) is 41.9 Å². The smallest absolute Gasteiger partial charge is 0.298 e. The number of imide groups is 1. The highest BCUT2D eigenvalue weighted by atomic mass is 35.5. The van der Waals surface area contributed by atoms with Crippen molar-refractivity contribution in [2.75, 3.05) is 25.2 Å². The van der Waals surface area contributed by atoms with E-state index in [-0.39, 0.29) is 12.5 Å². The number of carbonyl (C=O) groups excluding carboxylic acids is 3. The second-order valence-electron chi connectivity index (χ2n) is 7.04. The number of halogens is 1. The molecule has 3 amide bonds. The topological polar surface area (TPSA) is 80.6 Å². The van der Waals surface area contributed by atoms with Gasteiger partial charge in [-0.3, -0.25) is 14.4 Å². The number of rotatable bonds is 7. The standard InChI is InChI=1S/C23H20ClN3O4S/c1-31-11-10-25-21(28)14-26-13-15(16-6-2-4-8-18(16)26)12-20-22(29)27(23(30)32-20)19-9-5-3-7-17(19)24/h2-9,12-13H,10-11,14H2,1H3,(H,25,28)/b20-12-. The van der Waals surface area contributed by atoms with E-state index >= 15 is 0 Å². The van der Waals surface area contributed by atoms with Crippen LogP contribution in [0.5, 0.6) is 0 Å². The molecule has 0 spiro atoms. The lowest BCUT2D eigenvalue weighted by molar-refractivity contribution is -0.121. The Morgan fingerprint density at radius 1 is 1.16 bits per heavy atom. The number of fused-ring (bicyclic) bond motifs is 1. The summed E-state index contributed by atoms with van der Waals surface area (Å²) in [5.41, 5.74) is 1.95. The maximum Gasteiger partial charge on any atom is 0.298 e. The van der Waals surface area contributed by atoms with Gasteiger partial charge in [-0.05, 0) is 36.0 Å². The van der Waals surface area contributed by atoms with E-state index < -0.39 is 11.1 Å². The molecule has 0 aliphatic carbocycles. The SMILES string of the molecule is COCCNC(=O)Cn1cc(/C=C2\SC(=O)N(c3ccccc3Cl)C2=O)c2ccccc21. The van der Waals surface area contributed by atoms with Gasteiger partial charge in [0.2, 0.25) is 5.91 Å². The van der Waals surface area contributed by atoms with Crippen molar-refractivity contribution < 1.29 is 19.1 Å². The van der Waals surface area contributed by atoms with E-state index in [2.05, 4.69) is 5.32 Å². The molecule has 9 heteroatoms. The van der Waals surface area contributed by atoms with Crippen LogP contribution in [0, 0.1) is 0 Å². The molecule has 2 heterocycles. The van der Waals surface area contributed by atoms with E-state index in [0.29, 0.717) is 28.8 Å². The number of hydrogen-bond acceptors (Lipinski definition) is 5. The van der Waals surface area contributed by atoms with Crippen molar-refractivity contribution in [2.24, 2.45) is 0 Å². The van der Waals surface area contributed by atoms with Gasteiger partial charge in [-0.25, -0.2) is 4.90 Å². The normalized spacial score (nSPS) is 15.2. The molecule has 0 saturated carbocycles. The quantitative estimate of drug-likeness (QED) is 0.412. The summed E-state index contributed by atoms with van der Waals surface area (Å²) in [6.07, 6.45) is 3.49. The first-order valence-corrected chi connectivity index (χ1v) is 11.0. The number of hydrogen-bond donors (Lipinski definition) is 1. The zero-order valence-electron chi connectivity index (χ0n) is 17.2. The monoisotopic (exact) mass is 469 g/mol. The van der Waals surface area contributed by atoms with Crippen LogP contribution >= 0.6 is 23.4 Å². The van der Waals surface area contributed by atoms with Crippen LogP contribution in [0.2, 0.25) is 5.02 Å². The van der Waals surface area contributed by atoms with Crippen molar-refractivity contribution in [1.82, 2.24) is 9.88 Å². The van der Waals surface area contributed by atoms with Gasteiger partial charge in [0.05, 0.1) is 22.2 Å². The molecule has 3 aromatic rings. The van der Waals surface area contributed by atoms with E-state index in [0.717, 1.165) is 33.1 Å². The van der Waals surface area contributed by atoms with E-state index in [4.69, 9.17) is 16.3 Å². The van der Waals surface area contributed by atoms with Gasteiger partial charge >= 0.3 is 0 Å². The molecule has 1 saturated heterocycles. The second kappa shape index (κ2) is 9.60. The molecule has 0 radical (unpaired) electrons. The maximum absolute atomic E-state index is 13.0. The first-order chi connectivity index (χ1) is 15.5. The van der Waals surface area contributed by atoms with Crippen LogP contribution in [0.1, 0.15) is 5.56 Å². The number of nitrogens with one attached hydrogen (secondary N) is 1. The molecule has 0 atom stereocenters. The molecular weight excluding hydrogens is 450 g/mol. The minimum atomic E-state index is -0.428. The van der Waals surface area contributed by atoms with Crippen molar-refractivity contribution in [3.05, 3.63) is 70.2 Å². The van der Waals surface area contributed by atoms with Crippen molar-refractivity contribution in [2.45, 2.75) is 6.54 Å². The average Bonchev–Trinajstić information content (AvgIpc) is 3.26. The molecule has 1 N–H and O–H groups in total. The van der Waals surface area contributed by atoms with Gasteiger partial charge in [0.15, 0.2) is 0 Å². The van der Waals surface area contributed by atoms with Gasteiger partial charge in [-0.15, -0.1) is 0 Å². The number of nitrogens with zero attached hydrogens (tertiary/aromatic N) is 2. The highest BCUT2D eigenvalue weighted by molar-refractivity contribution is 8.19. The Morgan fingerprint density at radius 3 is 2.69 bits per heavy atom.